The fourth-order valence-corrected chi connectivity index (χ4v) is 2.17. The molecule has 1 aromatic rings. The molecule has 1 fully saturated rings. The van der Waals surface area contributed by atoms with E-state index in [2.05, 4.69) is 6.92 Å². The smallest absolute Gasteiger partial charge is 0.254 e. The molecular formula is C14H20N2O. The SMILES string of the molecule is CCc1ccccc1C(=O)N(CCN)C1CC1. The van der Waals surface area contributed by atoms with Crippen LogP contribution < -0.4 is 5.73 Å². The van der Waals surface area contributed by atoms with Crippen molar-refractivity contribution in [3.8, 4) is 0 Å². The Kier molecular flexibility index (Phi) is 3.79. The van der Waals surface area contributed by atoms with Crippen molar-refractivity contribution in [1.82, 2.24) is 4.90 Å². The quantitative estimate of drug-likeness (QED) is 0.841. The predicted octanol–water partition coefficient (Wildman–Crippen LogP) is 1.81. The zero-order valence-corrected chi connectivity index (χ0v) is 10.4. The van der Waals surface area contributed by atoms with Crippen molar-refractivity contribution in [2.24, 2.45) is 5.73 Å². The third kappa shape index (κ3) is 2.67. The first-order chi connectivity index (χ1) is 8.27. The van der Waals surface area contributed by atoms with Crippen LogP contribution in [0.25, 0.3) is 0 Å². The Morgan fingerprint density at radius 2 is 2.12 bits per heavy atom. The van der Waals surface area contributed by atoms with E-state index in [4.69, 9.17) is 5.73 Å². The number of nitrogens with zero attached hydrogens (tertiary/aromatic N) is 1. The van der Waals surface area contributed by atoms with Gasteiger partial charge in [0.25, 0.3) is 5.91 Å². The molecule has 1 saturated carbocycles. The lowest BCUT2D eigenvalue weighted by Crippen LogP contribution is -2.37. The van der Waals surface area contributed by atoms with Crippen molar-refractivity contribution in [1.29, 1.82) is 0 Å². The number of hydrogen-bond donors (Lipinski definition) is 1. The first-order valence-electron chi connectivity index (χ1n) is 6.36. The van der Waals surface area contributed by atoms with Gasteiger partial charge >= 0.3 is 0 Å². The van der Waals surface area contributed by atoms with Gasteiger partial charge in [-0.3, -0.25) is 4.79 Å². The van der Waals surface area contributed by atoms with Crippen LogP contribution in [-0.2, 0) is 6.42 Å². The second-order valence-corrected chi connectivity index (χ2v) is 4.53. The van der Waals surface area contributed by atoms with E-state index in [1.165, 1.54) is 0 Å². The lowest BCUT2D eigenvalue weighted by Gasteiger charge is -2.22. The number of aryl methyl sites for hydroxylation is 1. The van der Waals surface area contributed by atoms with Crippen molar-refractivity contribution < 1.29 is 4.79 Å². The number of rotatable bonds is 5. The fourth-order valence-electron chi connectivity index (χ4n) is 2.17. The molecule has 0 unspecified atom stereocenters. The van der Waals surface area contributed by atoms with E-state index < -0.39 is 0 Å². The molecule has 1 amide bonds. The lowest BCUT2D eigenvalue weighted by atomic mass is 10.0. The molecule has 0 saturated heterocycles. The number of hydrogen-bond acceptors (Lipinski definition) is 2. The van der Waals surface area contributed by atoms with Crippen LogP contribution in [0.5, 0.6) is 0 Å². The second kappa shape index (κ2) is 5.32. The van der Waals surface area contributed by atoms with Crippen LogP contribution in [0.15, 0.2) is 24.3 Å². The largest absolute Gasteiger partial charge is 0.334 e. The highest BCUT2D eigenvalue weighted by molar-refractivity contribution is 5.96. The Labute approximate surface area is 103 Å². The molecule has 1 aliphatic carbocycles. The zero-order chi connectivity index (χ0) is 12.3. The summed E-state index contributed by atoms with van der Waals surface area (Å²) < 4.78 is 0. The summed E-state index contributed by atoms with van der Waals surface area (Å²) in [6.07, 6.45) is 3.14. The molecule has 17 heavy (non-hydrogen) atoms. The maximum Gasteiger partial charge on any atom is 0.254 e. The minimum Gasteiger partial charge on any atom is -0.334 e. The average molecular weight is 232 g/mol. The molecule has 0 aliphatic heterocycles. The minimum absolute atomic E-state index is 0.149. The van der Waals surface area contributed by atoms with Crippen molar-refractivity contribution in [3.63, 3.8) is 0 Å². The van der Waals surface area contributed by atoms with Crippen LogP contribution in [-0.4, -0.2) is 29.9 Å². The van der Waals surface area contributed by atoms with Gasteiger partial charge in [-0.2, -0.15) is 0 Å². The van der Waals surface area contributed by atoms with Crippen LogP contribution in [0.4, 0.5) is 0 Å². The van der Waals surface area contributed by atoms with Crippen molar-refractivity contribution in [2.75, 3.05) is 13.1 Å². The molecule has 0 aromatic heterocycles. The first kappa shape index (κ1) is 12.1. The van der Waals surface area contributed by atoms with Gasteiger partial charge in [0.05, 0.1) is 0 Å². The van der Waals surface area contributed by atoms with E-state index in [1.807, 2.05) is 29.2 Å². The second-order valence-electron chi connectivity index (χ2n) is 4.53. The normalized spacial score (nSPS) is 14.7. The molecule has 3 nitrogen and oxygen atoms in total. The van der Waals surface area contributed by atoms with E-state index in [1.54, 1.807) is 0 Å². The molecular weight excluding hydrogens is 212 g/mol. The van der Waals surface area contributed by atoms with Gasteiger partial charge in [-0.25, -0.2) is 0 Å². The molecule has 3 heteroatoms. The van der Waals surface area contributed by atoms with Gasteiger partial charge in [0.1, 0.15) is 0 Å². The Morgan fingerprint density at radius 1 is 1.41 bits per heavy atom. The fraction of sp³-hybridized carbons (Fsp3) is 0.500. The van der Waals surface area contributed by atoms with E-state index in [0.29, 0.717) is 19.1 Å². The van der Waals surface area contributed by atoms with E-state index >= 15 is 0 Å². The van der Waals surface area contributed by atoms with Gasteiger partial charge in [-0.15, -0.1) is 0 Å². The van der Waals surface area contributed by atoms with Gasteiger partial charge in [0, 0.05) is 24.7 Å². The molecule has 0 bridgehead atoms. The van der Waals surface area contributed by atoms with Gasteiger partial charge < -0.3 is 10.6 Å². The van der Waals surface area contributed by atoms with Crippen molar-refractivity contribution >= 4 is 5.91 Å². The lowest BCUT2D eigenvalue weighted by molar-refractivity contribution is 0.0747. The Morgan fingerprint density at radius 3 is 2.71 bits per heavy atom. The molecule has 0 heterocycles. The maximum absolute atomic E-state index is 12.5. The zero-order valence-electron chi connectivity index (χ0n) is 10.4. The number of carbonyl (C=O) groups is 1. The topological polar surface area (TPSA) is 46.3 Å². The maximum atomic E-state index is 12.5. The third-order valence-electron chi connectivity index (χ3n) is 3.25. The van der Waals surface area contributed by atoms with Crippen LogP contribution in [0.2, 0.25) is 0 Å². The summed E-state index contributed by atoms with van der Waals surface area (Å²) in [7, 11) is 0. The summed E-state index contributed by atoms with van der Waals surface area (Å²) in [4.78, 5) is 14.4. The number of nitrogens with two attached hydrogens (primary N) is 1. The molecule has 2 N–H and O–H groups in total. The van der Waals surface area contributed by atoms with E-state index in [0.717, 1.165) is 30.4 Å². The standard InChI is InChI=1S/C14H20N2O/c1-2-11-5-3-4-6-13(11)14(17)16(10-9-15)12-7-8-12/h3-6,12H,2,7-10,15H2,1H3. The first-order valence-corrected chi connectivity index (χ1v) is 6.36. The monoisotopic (exact) mass is 232 g/mol. The Hall–Kier alpha value is -1.35. The van der Waals surface area contributed by atoms with Crippen LogP contribution >= 0.6 is 0 Å². The summed E-state index contributed by atoms with van der Waals surface area (Å²) in [5.41, 5.74) is 7.56. The number of carbonyl (C=O) groups excluding carboxylic acids is 1. The molecule has 1 aliphatic rings. The summed E-state index contributed by atoms with van der Waals surface area (Å²) in [6.45, 7) is 3.29. The predicted molar refractivity (Wildman–Crippen MR) is 68.9 cm³/mol. The molecule has 1 aromatic carbocycles. The molecule has 0 spiro atoms. The average Bonchev–Trinajstić information content (AvgIpc) is 3.19. The highest BCUT2D eigenvalue weighted by atomic mass is 16.2. The highest BCUT2D eigenvalue weighted by Gasteiger charge is 2.32. The highest BCUT2D eigenvalue weighted by Crippen LogP contribution is 2.28. The summed E-state index contributed by atoms with van der Waals surface area (Å²) in [5, 5.41) is 0. The number of amides is 1. The van der Waals surface area contributed by atoms with Crippen LogP contribution in [0.1, 0.15) is 35.7 Å². The van der Waals surface area contributed by atoms with E-state index in [9.17, 15) is 4.79 Å². The van der Waals surface area contributed by atoms with Gasteiger partial charge in [-0.1, -0.05) is 25.1 Å². The molecule has 0 atom stereocenters. The summed E-state index contributed by atoms with van der Waals surface area (Å²) in [6, 6.07) is 8.30. The summed E-state index contributed by atoms with van der Waals surface area (Å²) >= 11 is 0. The third-order valence-corrected chi connectivity index (χ3v) is 3.25. The molecule has 0 radical (unpaired) electrons. The Balaban J connectivity index is 2.21. The van der Waals surface area contributed by atoms with Crippen molar-refractivity contribution in [2.45, 2.75) is 32.2 Å². The van der Waals surface area contributed by atoms with Crippen molar-refractivity contribution in [3.05, 3.63) is 35.4 Å². The van der Waals surface area contributed by atoms with Crippen LogP contribution in [0.3, 0.4) is 0 Å². The van der Waals surface area contributed by atoms with Gasteiger partial charge in [0.2, 0.25) is 0 Å². The number of benzene rings is 1. The molecule has 2 rings (SSSR count). The molecule has 92 valence electrons. The van der Waals surface area contributed by atoms with E-state index in [-0.39, 0.29) is 5.91 Å². The van der Waals surface area contributed by atoms with Gasteiger partial charge in [0.15, 0.2) is 0 Å². The Bertz CT molecular complexity index is 399. The summed E-state index contributed by atoms with van der Waals surface area (Å²) in [5.74, 6) is 0.149. The minimum atomic E-state index is 0.149. The van der Waals surface area contributed by atoms with Crippen LogP contribution in [0, 0.1) is 0 Å². The van der Waals surface area contributed by atoms with Gasteiger partial charge in [-0.05, 0) is 30.9 Å².